The van der Waals surface area contributed by atoms with Gasteiger partial charge < -0.3 is 0 Å². The van der Waals surface area contributed by atoms with Gasteiger partial charge in [-0.3, -0.25) is 15.1 Å². The van der Waals surface area contributed by atoms with E-state index >= 15 is 0 Å². The zero-order valence-corrected chi connectivity index (χ0v) is 12.5. The van der Waals surface area contributed by atoms with Gasteiger partial charge in [-0.05, 0) is 25.0 Å². The minimum Gasteiger partial charge on any atom is -0.258 e. The largest absolute Gasteiger partial charge is 0.270 e. The number of non-ortho nitro benzene ring substituents is 1. The van der Waals surface area contributed by atoms with Gasteiger partial charge in [-0.15, -0.1) is 11.6 Å². The zero-order chi connectivity index (χ0) is 14.9. The van der Waals surface area contributed by atoms with Gasteiger partial charge in [0.2, 0.25) is 0 Å². The number of rotatable bonds is 4. The molecule has 0 saturated heterocycles. The minimum absolute atomic E-state index is 0.0157. The number of pyridine rings is 1. The molecule has 0 fully saturated rings. The van der Waals surface area contributed by atoms with Crippen LogP contribution in [0.2, 0.25) is 0 Å². The smallest absolute Gasteiger partial charge is 0.258 e. The van der Waals surface area contributed by atoms with Crippen molar-refractivity contribution in [2.45, 2.75) is 32.1 Å². The highest BCUT2D eigenvalue weighted by Gasteiger charge is 2.22. The molecule has 1 aromatic heterocycles. The van der Waals surface area contributed by atoms with Crippen molar-refractivity contribution in [2.24, 2.45) is 5.92 Å². The van der Waals surface area contributed by atoms with E-state index in [4.69, 9.17) is 11.6 Å². The summed E-state index contributed by atoms with van der Waals surface area (Å²) in [5.74, 6) is 0.543. The van der Waals surface area contributed by atoms with Crippen LogP contribution in [0.15, 0.2) is 30.3 Å². The molecular weight excluding hydrogens is 276 g/mol. The second-order valence-corrected chi connectivity index (χ2v) is 6.01. The Labute approximate surface area is 122 Å². The third kappa shape index (κ3) is 2.90. The van der Waals surface area contributed by atoms with E-state index in [1.165, 1.54) is 6.07 Å². The van der Waals surface area contributed by atoms with E-state index in [2.05, 4.69) is 18.8 Å². The summed E-state index contributed by atoms with van der Waals surface area (Å²) in [6.45, 7) is 6.20. The number of nitro groups is 1. The van der Waals surface area contributed by atoms with Gasteiger partial charge in [0.05, 0.1) is 10.4 Å². The first-order valence-electron chi connectivity index (χ1n) is 6.59. The molecular formula is C15H17ClN2O2. The van der Waals surface area contributed by atoms with Crippen LogP contribution in [0.1, 0.15) is 32.4 Å². The fourth-order valence-electron chi connectivity index (χ4n) is 2.54. The maximum Gasteiger partial charge on any atom is 0.270 e. The van der Waals surface area contributed by atoms with Crippen molar-refractivity contribution in [3.63, 3.8) is 0 Å². The number of hydrogen-bond donors (Lipinski definition) is 0. The van der Waals surface area contributed by atoms with Gasteiger partial charge in [0.15, 0.2) is 0 Å². The molecule has 0 aliphatic heterocycles. The average molecular weight is 293 g/mol. The van der Waals surface area contributed by atoms with Gasteiger partial charge in [0, 0.05) is 34.5 Å². The molecule has 0 radical (unpaired) electrons. The molecule has 2 unspecified atom stereocenters. The topological polar surface area (TPSA) is 56.0 Å². The zero-order valence-electron chi connectivity index (χ0n) is 11.7. The second kappa shape index (κ2) is 5.75. The minimum atomic E-state index is -0.398. The first kappa shape index (κ1) is 14.7. The van der Waals surface area contributed by atoms with Crippen molar-refractivity contribution >= 4 is 28.2 Å². The predicted molar refractivity (Wildman–Crippen MR) is 81.3 cm³/mol. The quantitative estimate of drug-likeness (QED) is 0.473. The molecule has 1 aromatic carbocycles. The summed E-state index contributed by atoms with van der Waals surface area (Å²) in [6, 6.07) is 8.50. The third-order valence-corrected chi connectivity index (χ3v) is 3.73. The number of nitrogens with zero attached hydrogens (tertiary/aromatic N) is 2. The summed E-state index contributed by atoms with van der Waals surface area (Å²) in [7, 11) is 0. The van der Waals surface area contributed by atoms with Crippen molar-refractivity contribution in [3.05, 3.63) is 46.1 Å². The Balaban J connectivity index is 2.48. The molecule has 2 aromatic rings. The molecule has 0 aliphatic rings. The average Bonchev–Trinajstić information content (AvgIpc) is 2.37. The summed E-state index contributed by atoms with van der Waals surface area (Å²) in [6.07, 6.45) is 0. The summed E-state index contributed by atoms with van der Waals surface area (Å²) < 4.78 is 0. The number of nitro benzene ring substituents is 1. The van der Waals surface area contributed by atoms with Crippen molar-refractivity contribution in [1.29, 1.82) is 0 Å². The van der Waals surface area contributed by atoms with E-state index < -0.39 is 4.92 Å². The van der Waals surface area contributed by atoms with E-state index in [9.17, 15) is 10.1 Å². The lowest BCUT2D eigenvalue weighted by atomic mass is 9.89. The highest BCUT2D eigenvalue weighted by atomic mass is 35.5. The molecule has 1 heterocycles. The molecule has 0 aliphatic carbocycles. The van der Waals surface area contributed by atoms with Crippen molar-refractivity contribution < 1.29 is 4.92 Å². The van der Waals surface area contributed by atoms with Crippen LogP contribution in [0.5, 0.6) is 0 Å². The fraction of sp³-hybridized carbons (Fsp3) is 0.400. The maximum absolute atomic E-state index is 10.8. The SMILES string of the molecule is CC(C)C(c1ccc2cc([N+](=O)[O-])ccc2n1)C(C)Cl. The van der Waals surface area contributed by atoms with Crippen LogP contribution in [0.3, 0.4) is 0 Å². The van der Waals surface area contributed by atoms with Crippen LogP contribution in [0, 0.1) is 16.0 Å². The molecule has 0 N–H and O–H groups in total. The Morgan fingerprint density at radius 1 is 1.20 bits per heavy atom. The van der Waals surface area contributed by atoms with E-state index in [0.29, 0.717) is 5.92 Å². The molecule has 5 heteroatoms. The second-order valence-electron chi connectivity index (χ2n) is 5.32. The Morgan fingerprint density at radius 2 is 1.90 bits per heavy atom. The Hall–Kier alpha value is -1.68. The summed E-state index contributed by atoms with van der Waals surface area (Å²) in [4.78, 5) is 15.0. The van der Waals surface area contributed by atoms with Crippen molar-refractivity contribution in [1.82, 2.24) is 4.98 Å². The third-order valence-electron chi connectivity index (χ3n) is 3.46. The van der Waals surface area contributed by atoms with Gasteiger partial charge >= 0.3 is 0 Å². The van der Waals surface area contributed by atoms with E-state index in [1.54, 1.807) is 12.1 Å². The van der Waals surface area contributed by atoms with Gasteiger partial charge in [-0.25, -0.2) is 0 Å². The molecule has 20 heavy (non-hydrogen) atoms. The Morgan fingerprint density at radius 3 is 2.45 bits per heavy atom. The lowest BCUT2D eigenvalue weighted by Crippen LogP contribution is -2.17. The molecule has 106 valence electrons. The number of fused-ring (bicyclic) bond motifs is 1. The van der Waals surface area contributed by atoms with Crippen LogP contribution >= 0.6 is 11.6 Å². The summed E-state index contributed by atoms with van der Waals surface area (Å²) in [5, 5.41) is 11.5. The Kier molecular flexibility index (Phi) is 4.23. The van der Waals surface area contributed by atoms with Crippen LogP contribution in [-0.4, -0.2) is 15.3 Å². The molecule has 0 spiro atoms. The molecule has 0 amide bonds. The van der Waals surface area contributed by atoms with Crippen molar-refractivity contribution in [3.8, 4) is 0 Å². The molecule has 0 saturated carbocycles. The molecule has 2 atom stereocenters. The fourth-order valence-corrected chi connectivity index (χ4v) is 2.96. The maximum atomic E-state index is 10.8. The summed E-state index contributed by atoms with van der Waals surface area (Å²) >= 11 is 6.26. The van der Waals surface area contributed by atoms with Gasteiger partial charge in [-0.1, -0.05) is 19.9 Å². The lowest BCUT2D eigenvalue weighted by molar-refractivity contribution is -0.384. The monoisotopic (exact) mass is 292 g/mol. The number of halogens is 1. The van der Waals surface area contributed by atoms with E-state index in [-0.39, 0.29) is 17.0 Å². The van der Waals surface area contributed by atoms with Gasteiger partial charge in [-0.2, -0.15) is 0 Å². The molecule has 0 bridgehead atoms. The normalized spacial score (nSPS) is 14.4. The van der Waals surface area contributed by atoms with Gasteiger partial charge in [0.1, 0.15) is 0 Å². The standard InChI is InChI=1S/C15H17ClN2O2/c1-9(2)15(10(3)16)14-6-4-11-8-12(18(19)20)5-7-13(11)17-14/h4-10,15H,1-3H3. The lowest BCUT2D eigenvalue weighted by Gasteiger charge is -2.23. The first-order chi connectivity index (χ1) is 9.40. The number of hydrogen-bond acceptors (Lipinski definition) is 3. The summed E-state index contributed by atoms with van der Waals surface area (Å²) in [5.41, 5.74) is 1.78. The highest BCUT2D eigenvalue weighted by molar-refractivity contribution is 6.20. The first-order valence-corrected chi connectivity index (χ1v) is 7.03. The number of benzene rings is 1. The van der Waals surface area contributed by atoms with Crippen LogP contribution < -0.4 is 0 Å². The number of aromatic nitrogens is 1. The highest BCUT2D eigenvalue weighted by Crippen LogP contribution is 2.31. The van der Waals surface area contributed by atoms with Crippen LogP contribution in [0.25, 0.3) is 10.9 Å². The van der Waals surface area contributed by atoms with Crippen LogP contribution in [-0.2, 0) is 0 Å². The van der Waals surface area contributed by atoms with Crippen molar-refractivity contribution in [2.75, 3.05) is 0 Å². The molecule has 4 nitrogen and oxygen atoms in total. The van der Waals surface area contributed by atoms with Gasteiger partial charge in [0.25, 0.3) is 5.69 Å². The Bertz CT molecular complexity index is 633. The molecule has 2 rings (SSSR count). The predicted octanol–water partition coefficient (Wildman–Crippen LogP) is 4.51. The van der Waals surface area contributed by atoms with E-state index in [1.807, 2.05) is 19.1 Å². The van der Waals surface area contributed by atoms with Crippen LogP contribution in [0.4, 0.5) is 5.69 Å². The van der Waals surface area contributed by atoms with E-state index in [0.717, 1.165) is 16.6 Å². The number of alkyl halides is 1.